The predicted octanol–water partition coefficient (Wildman–Crippen LogP) is 2.73. The number of hydrogen-bond donors (Lipinski definition) is 2. The van der Waals surface area contributed by atoms with Crippen LogP contribution in [0.3, 0.4) is 0 Å². The van der Waals surface area contributed by atoms with Gasteiger partial charge in [0.15, 0.2) is 0 Å². The number of fused-ring (bicyclic) bond motifs is 1. The number of nitrogens with one attached hydrogen (secondary N) is 1. The Morgan fingerprint density at radius 3 is 2.73 bits per heavy atom. The van der Waals surface area contributed by atoms with Crippen molar-refractivity contribution < 1.29 is 14.6 Å². The molecule has 4 heteroatoms. The second kappa shape index (κ2) is 8.73. The number of rotatable bonds is 9. The summed E-state index contributed by atoms with van der Waals surface area (Å²) in [6.45, 7) is 6.79. The fourth-order valence-corrected chi connectivity index (χ4v) is 2.39. The Morgan fingerprint density at radius 1 is 1.14 bits per heavy atom. The first-order valence-corrected chi connectivity index (χ1v) is 7.82. The monoisotopic (exact) mass is 303 g/mol. The molecule has 0 fully saturated rings. The highest BCUT2D eigenvalue weighted by Gasteiger charge is 2.09. The highest BCUT2D eigenvalue weighted by molar-refractivity contribution is 5.87. The Bertz CT molecular complexity index is 584. The van der Waals surface area contributed by atoms with Crippen molar-refractivity contribution in [2.45, 2.75) is 26.5 Å². The van der Waals surface area contributed by atoms with Gasteiger partial charge in [0.2, 0.25) is 0 Å². The highest BCUT2D eigenvalue weighted by Crippen LogP contribution is 2.28. The van der Waals surface area contributed by atoms with Crippen LogP contribution in [-0.4, -0.2) is 37.6 Å². The largest absolute Gasteiger partial charge is 0.491 e. The standard InChI is InChI=1S/C18H25NO3/c1-3-21-10-11-22-18-9-8-15-6-4-5-7-16(15)17(18)13-19-12-14(2)20/h4-9,14,19-20H,3,10-13H2,1-2H3. The third-order valence-corrected chi connectivity index (χ3v) is 3.43. The van der Waals surface area contributed by atoms with Gasteiger partial charge in [0.25, 0.3) is 0 Å². The van der Waals surface area contributed by atoms with Gasteiger partial charge in [0.1, 0.15) is 12.4 Å². The van der Waals surface area contributed by atoms with Crippen molar-refractivity contribution in [2.75, 3.05) is 26.4 Å². The Kier molecular flexibility index (Phi) is 6.65. The second-order valence-electron chi connectivity index (χ2n) is 5.29. The van der Waals surface area contributed by atoms with Gasteiger partial charge < -0.3 is 19.9 Å². The molecule has 0 amide bonds. The summed E-state index contributed by atoms with van der Waals surface area (Å²) in [5.41, 5.74) is 1.12. The minimum absolute atomic E-state index is 0.364. The van der Waals surface area contributed by atoms with Gasteiger partial charge >= 0.3 is 0 Å². The molecule has 0 heterocycles. The topological polar surface area (TPSA) is 50.7 Å². The van der Waals surface area contributed by atoms with Crippen molar-refractivity contribution in [3.05, 3.63) is 42.0 Å². The number of aliphatic hydroxyl groups excluding tert-OH is 1. The van der Waals surface area contributed by atoms with Gasteiger partial charge in [-0.1, -0.05) is 30.3 Å². The lowest BCUT2D eigenvalue weighted by molar-refractivity contribution is 0.110. The summed E-state index contributed by atoms with van der Waals surface area (Å²) in [4.78, 5) is 0. The molecule has 120 valence electrons. The molecule has 0 aliphatic rings. The molecule has 0 bridgehead atoms. The van der Waals surface area contributed by atoms with Crippen LogP contribution in [0.25, 0.3) is 10.8 Å². The average Bonchev–Trinajstić information content (AvgIpc) is 2.52. The lowest BCUT2D eigenvalue weighted by atomic mass is 10.0. The van der Waals surface area contributed by atoms with Crippen molar-refractivity contribution in [2.24, 2.45) is 0 Å². The van der Waals surface area contributed by atoms with Crippen molar-refractivity contribution in [3.63, 3.8) is 0 Å². The first kappa shape index (κ1) is 16.7. The Labute approximate surface area is 132 Å². The Hall–Kier alpha value is -1.62. The van der Waals surface area contributed by atoms with Crippen molar-refractivity contribution in [1.82, 2.24) is 5.32 Å². The van der Waals surface area contributed by atoms with E-state index in [-0.39, 0.29) is 6.10 Å². The minimum atomic E-state index is -0.364. The molecule has 2 rings (SSSR count). The zero-order chi connectivity index (χ0) is 15.8. The normalized spacial score (nSPS) is 12.5. The Morgan fingerprint density at radius 2 is 1.95 bits per heavy atom. The average molecular weight is 303 g/mol. The molecule has 2 aromatic carbocycles. The van der Waals surface area contributed by atoms with Gasteiger partial charge in [-0.05, 0) is 30.7 Å². The van der Waals surface area contributed by atoms with Gasteiger partial charge in [-0.2, -0.15) is 0 Å². The molecule has 0 saturated carbocycles. The lowest BCUT2D eigenvalue weighted by Crippen LogP contribution is -2.24. The SMILES string of the molecule is CCOCCOc1ccc2ccccc2c1CNCC(C)O. The van der Waals surface area contributed by atoms with E-state index in [1.54, 1.807) is 6.92 Å². The van der Waals surface area contributed by atoms with Gasteiger partial charge in [-0.15, -0.1) is 0 Å². The molecule has 0 radical (unpaired) electrons. The summed E-state index contributed by atoms with van der Waals surface area (Å²) < 4.78 is 11.2. The van der Waals surface area contributed by atoms with Crippen LogP contribution < -0.4 is 10.1 Å². The molecule has 1 unspecified atom stereocenters. The summed E-state index contributed by atoms with van der Waals surface area (Å²) in [5.74, 6) is 0.872. The fourth-order valence-electron chi connectivity index (χ4n) is 2.39. The molecule has 1 atom stereocenters. The lowest BCUT2D eigenvalue weighted by Gasteiger charge is -2.15. The van der Waals surface area contributed by atoms with Crippen LogP contribution in [0.4, 0.5) is 0 Å². The second-order valence-corrected chi connectivity index (χ2v) is 5.29. The van der Waals surface area contributed by atoms with Crippen LogP contribution in [0.5, 0.6) is 5.75 Å². The van der Waals surface area contributed by atoms with E-state index in [1.165, 1.54) is 10.8 Å². The van der Waals surface area contributed by atoms with Gasteiger partial charge in [-0.25, -0.2) is 0 Å². The quantitative estimate of drug-likeness (QED) is 0.699. The van der Waals surface area contributed by atoms with Crippen LogP contribution in [0.1, 0.15) is 19.4 Å². The third kappa shape index (κ3) is 4.70. The molecule has 22 heavy (non-hydrogen) atoms. The van der Waals surface area contributed by atoms with E-state index in [4.69, 9.17) is 9.47 Å². The molecule has 0 spiro atoms. The van der Waals surface area contributed by atoms with E-state index < -0.39 is 0 Å². The summed E-state index contributed by atoms with van der Waals surface area (Å²) in [6.07, 6.45) is -0.364. The van der Waals surface area contributed by atoms with E-state index in [2.05, 4.69) is 23.5 Å². The third-order valence-electron chi connectivity index (χ3n) is 3.43. The van der Waals surface area contributed by atoms with Gasteiger partial charge in [-0.3, -0.25) is 0 Å². The zero-order valence-electron chi connectivity index (χ0n) is 13.3. The summed E-state index contributed by atoms with van der Waals surface area (Å²) in [7, 11) is 0. The molecule has 2 N–H and O–H groups in total. The maximum absolute atomic E-state index is 9.40. The number of ether oxygens (including phenoxy) is 2. The minimum Gasteiger partial charge on any atom is -0.491 e. The Balaban J connectivity index is 2.17. The van der Waals surface area contributed by atoms with Crippen molar-refractivity contribution in [3.8, 4) is 5.75 Å². The van der Waals surface area contributed by atoms with Crippen molar-refractivity contribution >= 4 is 10.8 Å². The maximum Gasteiger partial charge on any atom is 0.124 e. The number of hydrogen-bond acceptors (Lipinski definition) is 4. The maximum atomic E-state index is 9.40. The van der Waals surface area contributed by atoms with Crippen LogP contribution >= 0.6 is 0 Å². The first-order valence-electron chi connectivity index (χ1n) is 7.82. The van der Waals surface area contributed by atoms with E-state index in [9.17, 15) is 5.11 Å². The highest BCUT2D eigenvalue weighted by atomic mass is 16.5. The molecular weight excluding hydrogens is 278 g/mol. The van der Waals surface area contributed by atoms with Crippen LogP contribution in [0.2, 0.25) is 0 Å². The van der Waals surface area contributed by atoms with Gasteiger partial charge in [0, 0.05) is 25.3 Å². The zero-order valence-corrected chi connectivity index (χ0v) is 13.3. The van der Waals surface area contributed by atoms with Crippen LogP contribution in [-0.2, 0) is 11.3 Å². The smallest absolute Gasteiger partial charge is 0.124 e. The molecule has 2 aromatic rings. The van der Waals surface area contributed by atoms with E-state index in [1.807, 2.05) is 25.1 Å². The summed E-state index contributed by atoms with van der Waals surface area (Å²) in [6, 6.07) is 12.3. The van der Waals surface area contributed by atoms with Crippen LogP contribution in [0, 0.1) is 0 Å². The molecule has 4 nitrogen and oxygen atoms in total. The fraction of sp³-hybridized carbons (Fsp3) is 0.444. The van der Waals surface area contributed by atoms with E-state index >= 15 is 0 Å². The molecular formula is C18H25NO3. The summed E-state index contributed by atoms with van der Waals surface area (Å²) in [5, 5.41) is 15.0. The van der Waals surface area contributed by atoms with E-state index in [0.29, 0.717) is 32.9 Å². The van der Waals surface area contributed by atoms with Crippen molar-refractivity contribution in [1.29, 1.82) is 0 Å². The number of aliphatic hydroxyl groups is 1. The molecule has 0 aliphatic heterocycles. The predicted molar refractivity (Wildman–Crippen MR) is 89.3 cm³/mol. The van der Waals surface area contributed by atoms with E-state index in [0.717, 1.165) is 11.3 Å². The summed E-state index contributed by atoms with van der Waals surface area (Å²) >= 11 is 0. The number of benzene rings is 2. The molecule has 0 aliphatic carbocycles. The van der Waals surface area contributed by atoms with Crippen LogP contribution in [0.15, 0.2) is 36.4 Å². The first-order chi connectivity index (χ1) is 10.7. The van der Waals surface area contributed by atoms with Gasteiger partial charge in [0.05, 0.1) is 12.7 Å². The molecule has 0 saturated heterocycles. The molecule has 0 aromatic heterocycles.